The monoisotopic (exact) mass is 478 g/mol. The van der Waals surface area contributed by atoms with Crippen molar-refractivity contribution in [1.29, 1.82) is 0 Å². The molecule has 1 aromatic carbocycles. The van der Waals surface area contributed by atoms with Crippen molar-refractivity contribution in [2.24, 2.45) is 5.92 Å². The van der Waals surface area contributed by atoms with Crippen LogP contribution in [-0.2, 0) is 16.0 Å². The van der Waals surface area contributed by atoms with Crippen LogP contribution < -0.4 is 10.9 Å². The Morgan fingerprint density at radius 1 is 1.03 bits per heavy atom. The molecule has 0 saturated heterocycles. The fourth-order valence-corrected chi connectivity index (χ4v) is 5.86. The summed E-state index contributed by atoms with van der Waals surface area (Å²) in [5.74, 6) is -0.240. The third-order valence-electron chi connectivity index (χ3n) is 6.65. The maximum absolute atomic E-state index is 13.3. The standard InChI is InChI=1S/C27H30N2O4S/c1-16-23(14-18-4-6-19(7-5-18)21-12-13-28-24(30)15-21)25(17(2)34-16)26(31)29-22-10-8-20(9-11-22)27(32)33-3/h4-7,12-13,15,20,22H,8-11,14H2,1-3H3,(H,28,30)(H,29,31). The lowest BCUT2D eigenvalue weighted by atomic mass is 9.86. The number of nitrogens with one attached hydrogen (secondary N) is 2. The second-order valence-electron chi connectivity index (χ2n) is 8.93. The number of aromatic nitrogens is 1. The fourth-order valence-electron chi connectivity index (χ4n) is 4.78. The van der Waals surface area contributed by atoms with Gasteiger partial charge in [0.25, 0.3) is 5.91 Å². The highest BCUT2D eigenvalue weighted by atomic mass is 32.1. The molecule has 1 saturated carbocycles. The van der Waals surface area contributed by atoms with Crippen LogP contribution >= 0.6 is 11.3 Å². The van der Waals surface area contributed by atoms with Crippen LogP contribution in [0.15, 0.2) is 47.4 Å². The van der Waals surface area contributed by atoms with E-state index in [-0.39, 0.29) is 29.4 Å². The van der Waals surface area contributed by atoms with Crippen molar-refractivity contribution in [3.63, 3.8) is 0 Å². The van der Waals surface area contributed by atoms with E-state index in [0.29, 0.717) is 6.42 Å². The van der Waals surface area contributed by atoms with E-state index >= 15 is 0 Å². The molecule has 1 amide bonds. The number of H-pyrrole nitrogens is 1. The zero-order chi connectivity index (χ0) is 24.2. The molecule has 1 fully saturated rings. The van der Waals surface area contributed by atoms with Gasteiger partial charge in [0.2, 0.25) is 5.56 Å². The molecule has 34 heavy (non-hydrogen) atoms. The number of esters is 1. The van der Waals surface area contributed by atoms with Gasteiger partial charge in [0.1, 0.15) is 0 Å². The fraction of sp³-hybridized carbons (Fsp3) is 0.370. The van der Waals surface area contributed by atoms with Crippen LogP contribution in [0.3, 0.4) is 0 Å². The number of carbonyl (C=O) groups is 2. The van der Waals surface area contributed by atoms with E-state index in [4.69, 9.17) is 4.74 Å². The number of thiophene rings is 1. The largest absolute Gasteiger partial charge is 0.469 e. The first-order chi connectivity index (χ1) is 16.4. The van der Waals surface area contributed by atoms with Gasteiger partial charge in [-0.25, -0.2) is 0 Å². The van der Waals surface area contributed by atoms with E-state index in [9.17, 15) is 14.4 Å². The summed E-state index contributed by atoms with van der Waals surface area (Å²) in [4.78, 5) is 41.5. The molecule has 1 aliphatic rings. The van der Waals surface area contributed by atoms with Gasteiger partial charge in [0.05, 0.1) is 18.6 Å². The quantitative estimate of drug-likeness (QED) is 0.500. The molecule has 2 N–H and O–H groups in total. The van der Waals surface area contributed by atoms with Crippen LogP contribution in [0.1, 0.15) is 56.9 Å². The number of carbonyl (C=O) groups excluding carboxylic acids is 2. The van der Waals surface area contributed by atoms with Gasteiger partial charge in [-0.1, -0.05) is 24.3 Å². The lowest BCUT2D eigenvalue weighted by molar-refractivity contribution is -0.146. The Kier molecular flexibility index (Phi) is 7.32. The number of hydrogen-bond acceptors (Lipinski definition) is 5. The molecule has 0 atom stereocenters. The van der Waals surface area contributed by atoms with Gasteiger partial charge in [-0.2, -0.15) is 0 Å². The Bertz CT molecular complexity index is 1230. The Morgan fingerprint density at radius 3 is 2.38 bits per heavy atom. The summed E-state index contributed by atoms with van der Waals surface area (Å²) in [5.41, 5.74) is 4.68. The molecule has 178 valence electrons. The van der Waals surface area contributed by atoms with Crippen molar-refractivity contribution in [3.8, 4) is 11.1 Å². The van der Waals surface area contributed by atoms with Crippen LogP contribution in [0.25, 0.3) is 11.1 Å². The number of aryl methyl sites for hydroxylation is 2. The SMILES string of the molecule is COC(=O)C1CCC(NC(=O)c2c(C)sc(C)c2Cc2ccc(-c3cc[nH]c(=O)c3)cc2)CC1. The molecule has 0 unspecified atom stereocenters. The Balaban J connectivity index is 1.46. The predicted molar refractivity (Wildman–Crippen MR) is 134 cm³/mol. The minimum atomic E-state index is -0.151. The topological polar surface area (TPSA) is 88.3 Å². The molecule has 6 nitrogen and oxygen atoms in total. The number of rotatable bonds is 6. The Hall–Kier alpha value is -3.19. The van der Waals surface area contributed by atoms with E-state index in [0.717, 1.165) is 63.3 Å². The normalized spacial score (nSPS) is 17.9. The first-order valence-electron chi connectivity index (χ1n) is 11.6. The molecule has 7 heteroatoms. The summed E-state index contributed by atoms with van der Waals surface area (Å²) in [6.07, 6.45) is 5.37. The maximum atomic E-state index is 13.3. The maximum Gasteiger partial charge on any atom is 0.308 e. The highest BCUT2D eigenvalue weighted by Crippen LogP contribution is 2.31. The van der Waals surface area contributed by atoms with Crippen LogP contribution in [0.2, 0.25) is 0 Å². The van der Waals surface area contributed by atoms with Crippen molar-refractivity contribution < 1.29 is 14.3 Å². The molecule has 4 rings (SSSR count). The lowest BCUT2D eigenvalue weighted by Gasteiger charge is -2.27. The molecule has 0 aliphatic heterocycles. The first-order valence-corrected chi connectivity index (χ1v) is 12.4. The number of methoxy groups -OCH3 is 1. The second kappa shape index (κ2) is 10.4. The third-order valence-corrected chi connectivity index (χ3v) is 7.72. The zero-order valence-electron chi connectivity index (χ0n) is 19.8. The van der Waals surface area contributed by atoms with Crippen molar-refractivity contribution in [1.82, 2.24) is 10.3 Å². The second-order valence-corrected chi connectivity index (χ2v) is 10.4. The van der Waals surface area contributed by atoms with Crippen LogP contribution in [0.4, 0.5) is 0 Å². The number of aromatic amines is 1. The third kappa shape index (κ3) is 5.30. The Morgan fingerprint density at radius 2 is 1.74 bits per heavy atom. The lowest BCUT2D eigenvalue weighted by Crippen LogP contribution is -2.39. The van der Waals surface area contributed by atoms with E-state index in [1.807, 2.05) is 25.1 Å². The summed E-state index contributed by atoms with van der Waals surface area (Å²) in [6.45, 7) is 4.07. The summed E-state index contributed by atoms with van der Waals surface area (Å²) < 4.78 is 4.86. The average Bonchev–Trinajstić information content (AvgIpc) is 3.12. The molecule has 0 bridgehead atoms. The van der Waals surface area contributed by atoms with E-state index < -0.39 is 0 Å². The smallest absolute Gasteiger partial charge is 0.308 e. The summed E-state index contributed by atoms with van der Waals surface area (Å²) in [7, 11) is 1.43. The molecule has 2 heterocycles. The molecule has 0 radical (unpaired) electrons. The van der Waals surface area contributed by atoms with Crippen molar-refractivity contribution in [2.75, 3.05) is 7.11 Å². The molecule has 1 aliphatic carbocycles. The summed E-state index contributed by atoms with van der Waals surface area (Å²) in [5, 5.41) is 3.21. The van der Waals surface area contributed by atoms with Crippen molar-refractivity contribution in [3.05, 3.63) is 79.4 Å². The number of amides is 1. The number of hydrogen-bond donors (Lipinski definition) is 2. The average molecular weight is 479 g/mol. The Labute approximate surface area is 203 Å². The van der Waals surface area contributed by atoms with Gasteiger partial charge >= 0.3 is 5.97 Å². The summed E-state index contributed by atoms with van der Waals surface area (Å²) >= 11 is 1.65. The molecule has 0 spiro atoms. The summed E-state index contributed by atoms with van der Waals surface area (Å²) in [6, 6.07) is 11.7. The number of pyridine rings is 1. The van der Waals surface area contributed by atoms with Gasteiger partial charge in [-0.3, -0.25) is 14.4 Å². The van der Waals surface area contributed by atoms with Crippen LogP contribution in [0.5, 0.6) is 0 Å². The minimum absolute atomic E-state index is 0.0292. The molecular weight excluding hydrogens is 448 g/mol. The highest BCUT2D eigenvalue weighted by molar-refractivity contribution is 7.12. The highest BCUT2D eigenvalue weighted by Gasteiger charge is 2.29. The van der Waals surface area contributed by atoms with Gasteiger partial charge in [0, 0.05) is 28.1 Å². The van der Waals surface area contributed by atoms with Crippen molar-refractivity contribution >= 4 is 23.2 Å². The number of benzene rings is 1. The van der Waals surface area contributed by atoms with E-state index in [2.05, 4.69) is 29.4 Å². The first kappa shape index (κ1) is 24.0. The van der Waals surface area contributed by atoms with Gasteiger partial charge in [-0.15, -0.1) is 11.3 Å². The molecular formula is C27H30N2O4S. The predicted octanol–water partition coefficient (Wildman–Crippen LogP) is 4.77. The van der Waals surface area contributed by atoms with Crippen LogP contribution in [0, 0.1) is 19.8 Å². The van der Waals surface area contributed by atoms with Gasteiger partial charge in [-0.05, 0) is 74.3 Å². The minimum Gasteiger partial charge on any atom is -0.469 e. The number of ether oxygens (including phenoxy) is 1. The molecule has 3 aromatic rings. The van der Waals surface area contributed by atoms with Gasteiger partial charge < -0.3 is 15.0 Å². The van der Waals surface area contributed by atoms with E-state index in [1.165, 1.54) is 7.11 Å². The van der Waals surface area contributed by atoms with Crippen molar-refractivity contribution in [2.45, 2.75) is 52.0 Å². The zero-order valence-corrected chi connectivity index (χ0v) is 20.6. The molecule has 2 aromatic heterocycles. The van der Waals surface area contributed by atoms with Crippen LogP contribution in [-0.4, -0.2) is 30.0 Å². The van der Waals surface area contributed by atoms with Gasteiger partial charge in [0.15, 0.2) is 0 Å². The van der Waals surface area contributed by atoms with E-state index in [1.54, 1.807) is 23.6 Å².